The number of aliphatic hydroxyl groups is 1. The van der Waals surface area contributed by atoms with Crippen LogP contribution < -0.4 is 5.32 Å². The van der Waals surface area contributed by atoms with Crippen molar-refractivity contribution in [1.29, 1.82) is 0 Å². The molecule has 0 saturated carbocycles. The molecule has 2 atom stereocenters. The van der Waals surface area contributed by atoms with Gasteiger partial charge in [-0.2, -0.15) is 0 Å². The number of aromatic hydroxyl groups is 3. The first kappa shape index (κ1) is 21.0. The maximum Gasteiger partial charge on any atom is 0.326 e. The zero-order valence-electron chi connectivity index (χ0n) is 15.1. The fourth-order valence-corrected chi connectivity index (χ4v) is 2.82. The summed E-state index contributed by atoms with van der Waals surface area (Å²) in [5, 5.41) is 49.8. The average molecular weight is 389 g/mol. The first-order valence-corrected chi connectivity index (χ1v) is 8.70. The van der Waals surface area contributed by atoms with Crippen molar-refractivity contribution in [1.82, 2.24) is 5.32 Å². The number of rotatable bonds is 9. The maximum atomic E-state index is 12.3. The molecule has 0 aliphatic carbocycles. The van der Waals surface area contributed by atoms with Crippen LogP contribution in [0.3, 0.4) is 0 Å². The molecule has 28 heavy (non-hydrogen) atoms. The van der Waals surface area contributed by atoms with E-state index >= 15 is 0 Å². The van der Waals surface area contributed by atoms with Gasteiger partial charge in [0.05, 0.1) is 0 Å². The number of carbonyl (C=O) groups is 2. The molecule has 0 bridgehead atoms. The van der Waals surface area contributed by atoms with Crippen LogP contribution in [0.4, 0.5) is 0 Å². The molecule has 1 amide bonds. The fraction of sp³-hybridized carbons (Fsp3) is 0.300. The van der Waals surface area contributed by atoms with Gasteiger partial charge >= 0.3 is 5.97 Å². The molecule has 0 fully saturated rings. The minimum absolute atomic E-state index is 0.0455. The lowest BCUT2D eigenvalue weighted by atomic mass is 9.95. The lowest BCUT2D eigenvalue weighted by Gasteiger charge is -2.18. The minimum atomic E-state index is -1.20. The van der Waals surface area contributed by atoms with E-state index in [2.05, 4.69) is 5.32 Å². The van der Waals surface area contributed by atoms with E-state index < -0.39 is 23.8 Å². The highest BCUT2D eigenvalue weighted by Crippen LogP contribution is 2.25. The van der Waals surface area contributed by atoms with Gasteiger partial charge in [-0.25, -0.2) is 4.79 Å². The number of carboxylic acid groups (broad SMARTS) is 1. The topological polar surface area (TPSA) is 147 Å². The van der Waals surface area contributed by atoms with Gasteiger partial charge < -0.3 is 30.8 Å². The highest BCUT2D eigenvalue weighted by molar-refractivity contribution is 5.83. The third kappa shape index (κ3) is 6.17. The van der Waals surface area contributed by atoms with Crippen molar-refractivity contribution < 1.29 is 35.1 Å². The van der Waals surface area contributed by atoms with Crippen LogP contribution in [0.1, 0.15) is 17.5 Å². The number of hydrogen-bond acceptors (Lipinski definition) is 6. The highest BCUT2D eigenvalue weighted by Gasteiger charge is 2.23. The molecule has 2 rings (SSSR count). The van der Waals surface area contributed by atoms with E-state index in [9.17, 15) is 35.1 Å². The lowest BCUT2D eigenvalue weighted by molar-refractivity contribution is -0.142. The Bertz CT molecular complexity index is 820. The first-order valence-electron chi connectivity index (χ1n) is 8.70. The molecule has 150 valence electrons. The number of amides is 1. The van der Waals surface area contributed by atoms with Crippen LogP contribution in [0.2, 0.25) is 0 Å². The minimum Gasteiger partial charge on any atom is -0.508 e. The number of carboxylic acids is 1. The van der Waals surface area contributed by atoms with Crippen molar-refractivity contribution in [2.45, 2.75) is 25.3 Å². The highest BCUT2D eigenvalue weighted by atomic mass is 16.4. The van der Waals surface area contributed by atoms with E-state index in [0.717, 1.165) is 0 Å². The lowest BCUT2D eigenvalue weighted by Crippen LogP contribution is -2.43. The Morgan fingerprint density at radius 1 is 0.929 bits per heavy atom. The predicted octanol–water partition coefficient (Wildman–Crippen LogP) is 1.16. The Labute approximate surface area is 161 Å². The third-order valence-corrected chi connectivity index (χ3v) is 4.32. The Balaban J connectivity index is 1.97. The number of hydrogen-bond donors (Lipinski definition) is 6. The van der Waals surface area contributed by atoms with E-state index in [1.807, 2.05) is 0 Å². The smallest absolute Gasteiger partial charge is 0.326 e. The summed E-state index contributed by atoms with van der Waals surface area (Å²) in [6.45, 7) is -0.330. The molecule has 2 aromatic carbocycles. The molecule has 8 heteroatoms. The summed E-state index contributed by atoms with van der Waals surface area (Å²) >= 11 is 0. The summed E-state index contributed by atoms with van der Waals surface area (Å²) in [6, 6.07) is 8.91. The largest absolute Gasteiger partial charge is 0.508 e. The van der Waals surface area contributed by atoms with Crippen LogP contribution in [0, 0.1) is 5.92 Å². The summed E-state index contributed by atoms with van der Waals surface area (Å²) in [4.78, 5) is 23.7. The summed E-state index contributed by atoms with van der Waals surface area (Å²) in [6.07, 6.45) is 0.103. The summed E-state index contributed by atoms with van der Waals surface area (Å²) in [7, 11) is 0. The van der Waals surface area contributed by atoms with Gasteiger partial charge in [-0.1, -0.05) is 18.2 Å². The van der Waals surface area contributed by atoms with Crippen molar-refractivity contribution in [2.75, 3.05) is 6.61 Å². The van der Waals surface area contributed by atoms with E-state index in [4.69, 9.17) is 0 Å². The second kappa shape index (κ2) is 9.61. The SMILES string of the molecule is O=C(CC(CO)Cc1ccc(O)cc1O)NC(Cc1ccc(O)cc1)C(=O)O. The molecule has 0 aliphatic rings. The molecule has 2 unspecified atom stereocenters. The second-order valence-corrected chi connectivity index (χ2v) is 6.60. The Morgan fingerprint density at radius 2 is 1.57 bits per heavy atom. The first-order chi connectivity index (χ1) is 13.3. The Hall–Kier alpha value is -3.26. The van der Waals surface area contributed by atoms with Crippen molar-refractivity contribution in [3.8, 4) is 17.2 Å². The number of aliphatic carboxylic acids is 1. The summed E-state index contributed by atoms with van der Waals surface area (Å²) in [5.74, 6) is -2.45. The quantitative estimate of drug-likeness (QED) is 0.377. The van der Waals surface area contributed by atoms with Gasteiger partial charge in [-0.3, -0.25) is 4.79 Å². The average Bonchev–Trinajstić information content (AvgIpc) is 2.64. The number of nitrogens with one attached hydrogen (secondary N) is 1. The fourth-order valence-electron chi connectivity index (χ4n) is 2.82. The second-order valence-electron chi connectivity index (χ2n) is 6.60. The van der Waals surface area contributed by atoms with Gasteiger partial charge in [0.2, 0.25) is 5.91 Å². The monoisotopic (exact) mass is 389 g/mol. The van der Waals surface area contributed by atoms with Crippen molar-refractivity contribution in [3.05, 3.63) is 53.6 Å². The molecule has 0 spiro atoms. The van der Waals surface area contributed by atoms with Gasteiger partial charge in [0.15, 0.2) is 0 Å². The summed E-state index contributed by atoms with van der Waals surface area (Å²) in [5.41, 5.74) is 1.10. The molecule has 8 nitrogen and oxygen atoms in total. The summed E-state index contributed by atoms with van der Waals surface area (Å²) < 4.78 is 0. The molecule has 0 aliphatic heterocycles. The van der Waals surface area contributed by atoms with E-state index in [1.54, 1.807) is 12.1 Å². The molecule has 2 aromatic rings. The number of benzene rings is 2. The van der Waals surface area contributed by atoms with Crippen molar-refractivity contribution >= 4 is 11.9 Å². The normalized spacial score (nSPS) is 12.9. The number of phenols is 3. The number of phenolic OH excluding ortho intramolecular Hbond substituents is 3. The van der Waals surface area contributed by atoms with Gasteiger partial charge in [0.1, 0.15) is 23.3 Å². The van der Waals surface area contributed by atoms with E-state index in [0.29, 0.717) is 11.1 Å². The Kier molecular flexibility index (Phi) is 7.22. The van der Waals surface area contributed by atoms with Gasteiger partial charge in [0.25, 0.3) is 0 Å². The van der Waals surface area contributed by atoms with Crippen LogP contribution in [-0.2, 0) is 22.4 Å². The predicted molar refractivity (Wildman–Crippen MR) is 100 cm³/mol. The molecule has 0 radical (unpaired) electrons. The Morgan fingerprint density at radius 3 is 2.14 bits per heavy atom. The van der Waals surface area contributed by atoms with Crippen LogP contribution >= 0.6 is 0 Å². The molecule has 0 saturated heterocycles. The van der Waals surface area contributed by atoms with Crippen LogP contribution in [0.25, 0.3) is 0 Å². The van der Waals surface area contributed by atoms with Crippen LogP contribution in [-0.4, -0.2) is 50.1 Å². The van der Waals surface area contributed by atoms with Crippen LogP contribution in [0.5, 0.6) is 17.2 Å². The zero-order valence-corrected chi connectivity index (χ0v) is 15.1. The van der Waals surface area contributed by atoms with Gasteiger partial charge in [-0.05, 0) is 41.7 Å². The zero-order chi connectivity index (χ0) is 20.7. The van der Waals surface area contributed by atoms with Crippen molar-refractivity contribution in [2.24, 2.45) is 5.92 Å². The standard InChI is InChI=1S/C20H23NO7/c22-11-13(7-14-3-6-16(24)10-18(14)25)9-19(26)21-17(20(27)28)8-12-1-4-15(23)5-2-12/h1-6,10,13,17,22-25H,7-9,11H2,(H,21,26)(H,27,28). The number of aliphatic hydroxyl groups excluding tert-OH is 1. The maximum absolute atomic E-state index is 12.3. The molecular formula is C20H23NO7. The van der Waals surface area contributed by atoms with Crippen molar-refractivity contribution in [3.63, 3.8) is 0 Å². The molecule has 0 heterocycles. The molecule has 6 N–H and O–H groups in total. The van der Waals surface area contributed by atoms with Crippen LogP contribution in [0.15, 0.2) is 42.5 Å². The molecular weight excluding hydrogens is 366 g/mol. The molecule has 0 aromatic heterocycles. The van der Waals surface area contributed by atoms with E-state index in [1.165, 1.54) is 30.3 Å². The van der Waals surface area contributed by atoms with E-state index in [-0.39, 0.29) is 43.1 Å². The van der Waals surface area contributed by atoms with Gasteiger partial charge in [0, 0.05) is 25.5 Å². The van der Waals surface area contributed by atoms with Gasteiger partial charge in [-0.15, -0.1) is 0 Å². The number of carbonyl (C=O) groups excluding carboxylic acids is 1. The third-order valence-electron chi connectivity index (χ3n) is 4.32.